The van der Waals surface area contributed by atoms with Crippen LogP contribution in [-0.4, -0.2) is 59.0 Å². The van der Waals surface area contributed by atoms with Crippen molar-refractivity contribution in [2.45, 2.75) is 30.9 Å². The van der Waals surface area contributed by atoms with Crippen LogP contribution in [0.3, 0.4) is 0 Å². The van der Waals surface area contributed by atoms with Crippen LogP contribution in [0.5, 0.6) is 0 Å². The van der Waals surface area contributed by atoms with Gasteiger partial charge in [-0.2, -0.15) is 0 Å². The van der Waals surface area contributed by atoms with E-state index in [0.29, 0.717) is 22.7 Å². The highest BCUT2D eigenvalue weighted by Gasteiger charge is 2.44. The van der Waals surface area contributed by atoms with Crippen molar-refractivity contribution in [2.24, 2.45) is 5.92 Å². The molecule has 3 aromatic rings. The summed E-state index contributed by atoms with van der Waals surface area (Å²) in [6, 6.07) is 14.2. The van der Waals surface area contributed by atoms with E-state index < -0.39 is 5.60 Å². The Labute approximate surface area is 207 Å². The number of rotatable bonds is 5. The second-order valence-corrected chi connectivity index (χ2v) is 9.81. The van der Waals surface area contributed by atoms with Gasteiger partial charge in [0.15, 0.2) is 0 Å². The van der Waals surface area contributed by atoms with Gasteiger partial charge in [0, 0.05) is 41.5 Å². The highest BCUT2D eigenvalue weighted by molar-refractivity contribution is 6.31. The fourth-order valence-corrected chi connectivity index (χ4v) is 5.31. The average molecular weight is 496 g/mol. The standard InChI is InChI=1S/C26H26ClN3O5/c1-35-25(33)17-13-30(14-17)23(31)12-26(34)11-19(9-15-4-2-3-5-20(15)26)28-24(32)22-10-16-8-18(27)6-7-21(16)29-22/h2-8,10,17,19,29,34H,9,11-14H2,1H3,(H,28,32)/t19?,26-/m0/s1. The fourth-order valence-electron chi connectivity index (χ4n) is 5.13. The van der Waals surface area contributed by atoms with Crippen molar-refractivity contribution >= 4 is 40.3 Å². The lowest BCUT2D eigenvalue weighted by Gasteiger charge is -2.42. The molecule has 1 saturated heterocycles. The first-order valence-electron chi connectivity index (χ1n) is 11.5. The topological polar surface area (TPSA) is 112 Å². The predicted octanol–water partition coefficient (Wildman–Crippen LogP) is 2.78. The fraction of sp³-hybridized carbons (Fsp3) is 0.346. The summed E-state index contributed by atoms with van der Waals surface area (Å²) in [6.45, 7) is 0.571. The zero-order chi connectivity index (χ0) is 24.7. The van der Waals surface area contributed by atoms with Crippen LogP contribution >= 0.6 is 11.6 Å². The van der Waals surface area contributed by atoms with Crippen molar-refractivity contribution in [1.82, 2.24) is 15.2 Å². The number of esters is 1. The van der Waals surface area contributed by atoms with E-state index in [1.807, 2.05) is 30.3 Å². The molecule has 2 aliphatic rings. The molecule has 2 aromatic carbocycles. The molecular formula is C26H26ClN3O5. The van der Waals surface area contributed by atoms with Crippen LogP contribution < -0.4 is 5.32 Å². The van der Waals surface area contributed by atoms with Crippen molar-refractivity contribution in [3.05, 3.63) is 70.4 Å². The number of likely N-dealkylation sites (tertiary alicyclic amines) is 1. The van der Waals surface area contributed by atoms with Gasteiger partial charge in [-0.05, 0) is 41.8 Å². The minimum atomic E-state index is -1.44. The Morgan fingerprint density at radius 3 is 2.74 bits per heavy atom. The molecule has 1 unspecified atom stereocenters. The van der Waals surface area contributed by atoms with Gasteiger partial charge >= 0.3 is 5.97 Å². The number of carbonyl (C=O) groups excluding carboxylic acids is 3. The zero-order valence-electron chi connectivity index (χ0n) is 19.2. The van der Waals surface area contributed by atoms with E-state index in [4.69, 9.17) is 16.3 Å². The maximum atomic E-state index is 13.0. The van der Waals surface area contributed by atoms with Gasteiger partial charge in [-0.15, -0.1) is 0 Å². The van der Waals surface area contributed by atoms with E-state index in [1.54, 1.807) is 23.1 Å². The van der Waals surface area contributed by atoms with Gasteiger partial charge < -0.3 is 25.0 Å². The molecule has 8 nitrogen and oxygen atoms in total. The van der Waals surface area contributed by atoms with E-state index in [2.05, 4.69) is 10.3 Å². The van der Waals surface area contributed by atoms with E-state index in [0.717, 1.165) is 16.5 Å². The quantitative estimate of drug-likeness (QED) is 0.471. The lowest BCUT2D eigenvalue weighted by Crippen LogP contribution is -2.55. The number of hydrogen-bond donors (Lipinski definition) is 3. The molecule has 2 amide bonds. The molecule has 3 N–H and O–H groups in total. The molecule has 2 heterocycles. The summed E-state index contributed by atoms with van der Waals surface area (Å²) < 4.78 is 4.74. The Morgan fingerprint density at radius 2 is 1.97 bits per heavy atom. The van der Waals surface area contributed by atoms with Crippen molar-refractivity contribution in [2.75, 3.05) is 20.2 Å². The summed E-state index contributed by atoms with van der Waals surface area (Å²) in [5.74, 6) is -1.19. The molecule has 1 aliphatic carbocycles. The molecule has 5 rings (SSSR count). The van der Waals surface area contributed by atoms with Crippen LogP contribution in [0.4, 0.5) is 0 Å². The SMILES string of the molecule is COC(=O)C1CN(C(=O)C[C@@]2(O)CC(NC(=O)c3cc4cc(Cl)ccc4[nH]3)Cc3ccccc32)C1. The van der Waals surface area contributed by atoms with E-state index in [9.17, 15) is 19.5 Å². The summed E-state index contributed by atoms with van der Waals surface area (Å²) in [5, 5.41) is 16.1. The molecule has 182 valence electrons. The highest BCUT2D eigenvalue weighted by Crippen LogP contribution is 2.39. The molecule has 2 atom stereocenters. The van der Waals surface area contributed by atoms with Crippen LogP contribution in [-0.2, 0) is 26.3 Å². The Hall–Kier alpha value is -3.36. The van der Waals surface area contributed by atoms with Gasteiger partial charge in [0.1, 0.15) is 11.3 Å². The third-order valence-electron chi connectivity index (χ3n) is 6.94. The van der Waals surface area contributed by atoms with E-state index in [1.165, 1.54) is 7.11 Å². The molecule has 35 heavy (non-hydrogen) atoms. The first-order valence-corrected chi connectivity index (χ1v) is 11.9. The number of carbonyl (C=O) groups is 3. The maximum absolute atomic E-state index is 13.0. The summed E-state index contributed by atoms with van der Waals surface area (Å²) in [4.78, 5) is 42.3. The minimum Gasteiger partial charge on any atom is -0.469 e. The molecule has 1 fully saturated rings. The van der Waals surface area contributed by atoms with Crippen LogP contribution in [0, 0.1) is 5.92 Å². The number of H-pyrrole nitrogens is 1. The normalized spacial score (nSPS) is 21.8. The van der Waals surface area contributed by atoms with E-state index in [-0.39, 0.29) is 55.7 Å². The minimum absolute atomic E-state index is 0.130. The first-order chi connectivity index (χ1) is 16.8. The van der Waals surface area contributed by atoms with Gasteiger partial charge in [0.05, 0.1) is 19.4 Å². The number of halogens is 1. The Morgan fingerprint density at radius 1 is 1.20 bits per heavy atom. The van der Waals surface area contributed by atoms with Crippen LogP contribution in [0.15, 0.2) is 48.5 Å². The number of aliphatic hydroxyl groups is 1. The molecule has 0 radical (unpaired) electrons. The van der Waals surface area contributed by atoms with Crippen molar-refractivity contribution in [1.29, 1.82) is 0 Å². The monoisotopic (exact) mass is 495 g/mol. The van der Waals surface area contributed by atoms with Gasteiger partial charge in [0.2, 0.25) is 5.91 Å². The van der Waals surface area contributed by atoms with Crippen LogP contribution in [0.25, 0.3) is 10.9 Å². The zero-order valence-corrected chi connectivity index (χ0v) is 20.0. The second kappa shape index (κ2) is 9.02. The lowest BCUT2D eigenvalue weighted by atomic mass is 9.74. The number of nitrogens with one attached hydrogen (secondary N) is 2. The van der Waals surface area contributed by atoms with Crippen LogP contribution in [0.2, 0.25) is 5.02 Å². The number of nitrogens with zero attached hydrogens (tertiary/aromatic N) is 1. The summed E-state index contributed by atoms with van der Waals surface area (Å²) in [6.07, 6.45) is 0.607. The lowest BCUT2D eigenvalue weighted by molar-refractivity contribution is -0.157. The van der Waals surface area contributed by atoms with Gasteiger partial charge in [-0.3, -0.25) is 14.4 Å². The number of ether oxygens (including phenoxy) is 1. The number of benzene rings is 2. The third-order valence-corrected chi connectivity index (χ3v) is 7.18. The van der Waals surface area contributed by atoms with Crippen molar-refractivity contribution in [3.8, 4) is 0 Å². The van der Waals surface area contributed by atoms with Gasteiger partial charge in [0.25, 0.3) is 5.91 Å². The largest absolute Gasteiger partial charge is 0.469 e. The van der Waals surface area contributed by atoms with Crippen molar-refractivity contribution in [3.63, 3.8) is 0 Å². The van der Waals surface area contributed by atoms with E-state index >= 15 is 0 Å². The van der Waals surface area contributed by atoms with Crippen molar-refractivity contribution < 1.29 is 24.2 Å². The molecule has 0 saturated carbocycles. The summed E-state index contributed by atoms with van der Waals surface area (Å²) in [5.41, 5.74) is 1.35. The first kappa shape index (κ1) is 23.4. The molecule has 1 aliphatic heterocycles. The Bertz CT molecular complexity index is 1320. The Balaban J connectivity index is 1.32. The molecule has 0 spiro atoms. The number of fused-ring (bicyclic) bond motifs is 2. The highest BCUT2D eigenvalue weighted by atomic mass is 35.5. The Kier molecular flexibility index (Phi) is 6.02. The van der Waals surface area contributed by atoms with Crippen LogP contribution in [0.1, 0.15) is 34.5 Å². The summed E-state index contributed by atoms with van der Waals surface area (Å²) >= 11 is 6.06. The molecule has 0 bridgehead atoms. The third kappa shape index (κ3) is 4.51. The number of aromatic nitrogens is 1. The number of amides is 2. The molecule has 1 aromatic heterocycles. The van der Waals surface area contributed by atoms with Gasteiger partial charge in [-0.25, -0.2) is 0 Å². The number of aromatic amines is 1. The number of methoxy groups -OCH3 is 1. The molecular weight excluding hydrogens is 470 g/mol. The number of hydrogen-bond acceptors (Lipinski definition) is 5. The smallest absolute Gasteiger partial charge is 0.312 e. The predicted molar refractivity (Wildman–Crippen MR) is 130 cm³/mol. The molecule has 9 heteroatoms. The summed E-state index contributed by atoms with van der Waals surface area (Å²) in [7, 11) is 1.33. The van der Waals surface area contributed by atoms with Gasteiger partial charge in [-0.1, -0.05) is 35.9 Å². The average Bonchev–Trinajstić information content (AvgIpc) is 3.21. The maximum Gasteiger partial charge on any atom is 0.312 e. The second-order valence-electron chi connectivity index (χ2n) is 9.38.